The molecule has 3 heterocycles. The molecule has 0 bridgehead atoms. The summed E-state index contributed by atoms with van der Waals surface area (Å²) in [7, 11) is 0. The lowest BCUT2D eigenvalue weighted by atomic mass is 9.94. The van der Waals surface area contributed by atoms with E-state index >= 15 is 0 Å². The first-order valence-electron chi connectivity index (χ1n) is 11.2. The molecule has 180 valence electrons. The number of hydrogen-bond acceptors (Lipinski definition) is 6. The molecular weight excluding hydrogens is 564 g/mol. The Kier molecular flexibility index (Phi) is 5.63. The number of carbonyl (C=O) groups excluding carboxylic acids is 2. The number of thiazole rings is 1. The summed E-state index contributed by atoms with van der Waals surface area (Å²) in [6.45, 7) is 1.98. The lowest BCUT2D eigenvalue weighted by Gasteiger charge is -2.23. The van der Waals surface area contributed by atoms with E-state index in [0.717, 1.165) is 20.5 Å². The lowest BCUT2D eigenvalue weighted by Crippen LogP contribution is -2.29. The number of ketones is 1. The van der Waals surface area contributed by atoms with E-state index < -0.39 is 17.7 Å². The number of hydrogen-bond donors (Lipinski definition) is 1. The van der Waals surface area contributed by atoms with Crippen molar-refractivity contribution >= 4 is 71.7 Å². The third kappa shape index (κ3) is 3.80. The molecule has 6 nitrogen and oxygen atoms in total. The van der Waals surface area contributed by atoms with E-state index in [4.69, 9.17) is 16.3 Å². The highest BCUT2D eigenvalue weighted by atomic mass is 79.9. The van der Waals surface area contributed by atoms with Crippen molar-refractivity contribution in [2.24, 2.45) is 0 Å². The van der Waals surface area contributed by atoms with Crippen LogP contribution in [-0.2, 0) is 16.0 Å². The summed E-state index contributed by atoms with van der Waals surface area (Å²) in [5.74, 6) is -0.979. The van der Waals surface area contributed by atoms with Crippen LogP contribution in [0, 0.1) is 0 Å². The van der Waals surface area contributed by atoms with E-state index in [1.54, 1.807) is 30.3 Å². The summed E-state index contributed by atoms with van der Waals surface area (Å²) < 4.78 is 7.35. The number of fused-ring (bicyclic) bond motifs is 2. The van der Waals surface area contributed by atoms with E-state index in [0.29, 0.717) is 33.2 Å². The lowest BCUT2D eigenvalue weighted by molar-refractivity contribution is -0.132. The number of benzene rings is 3. The van der Waals surface area contributed by atoms with Gasteiger partial charge >= 0.3 is 5.91 Å². The zero-order valence-corrected chi connectivity index (χ0v) is 22.0. The molecule has 2 unspecified atom stereocenters. The van der Waals surface area contributed by atoms with E-state index in [1.165, 1.54) is 16.2 Å². The molecule has 3 aromatic carbocycles. The number of Topliss-reactive ketones (excluding diaryl/α,β-unsaturated/α-hetero) is 1. The van der Waals surface area contributed by atoms with Crippen LogP contribution >= 0.6 is 38.9 Å². The van der Waals surface area contributed by atoms with Crippen LogP contribution < -0.4 is 9.64 Å². The molecule has 2 atom stereocenters. The largest absolute Gasteiger partial charge is 0.507 e. The average molecular weight is 582 g/mol. The Morgan fingerprint density at radius 1 is 1.17 bits per heavy atom. The Labute approximate surface area is 223 Å². The molecule has 0 aliphatic carbocycles. The first-order chi connectivity index (χ1) is 17.3. The minimum Gasteiger partial charge on any atom is -0.507 e. The number of nitrogens with zero attached hydrogens (tertiary/aromatic N) is 2. The second-order valence-corrected chi connectivity index (χ2v) is 11.1. The summed E-state index contributed by atoms with van der Waals surface area (Å²) in [5.41, 5.74) is 2.76. The SMILES string of the molecule is CC1Cc2cc(C(O)=C3C(=O)C(=O)N(c4nc5ccc(Cl)cc5s4)C3c3cccc(Br)c3)ccc2O1. The van der Waals surface area contributed by atoms with Crippen LogP contribution in [0.3, 0.4) is 0 Å². The Morgan fingerprint density at radius 3 is 2.81 bits per heavy atom. The van der Waals surface area contributed by atoms with Crippen LogP contribution in [0.25, 0.3) is 16.0 Å². The van der Waals surface area contributed by atoms with Crippen molar-refractivity contribution in [2.45, 2.75) is 25.5 Å². The molecule has 0 radical (unpaired) electrons. The topological polar surface area (TPSA) is 79.7 Å². The second-order valence-electron chi connectivity index (χ2n) is 8.79. The number of halogens is 2. The van der Waals surface area contributed by atoms with Crippen LogP contribution in [-0.4, -0.2) is 27.9 Å². The van der Waals surface area contributed by atoms with Crippen LogP contribution in [0.5, 0.6) is 5.75 Å². The van der Waals surface area contributed by atoms with Crippen molar-refractivity contribution in [2.75, 3.05) is 4.90 Å². The van der Waals surface area contributed by atoms with Gasteiger partial charge in [-0.05, 0) is 66.6 Å². The van der Waals surface area contributed by atoms with E-state index in [1.807, 2.05) is 37.3 Å². The predicted molar refractivity (Wildman–Crippen MR) is 144 cm³/mol. The van der Waals surface area contributed by atoms with E-state index in [2.05, 4.69) is 20.9 Å². The van der Waals surface area contributed by atoms with E-state index in [9.17, 15) is 14.7 Å². The van der Waals surface area contributed by atoms with Crippen molar-refractivity contribution in [3.63, 3.8) is 0 Å². The van der Waals surface area contributed by atoms with E-state index in [-0.39, 0.29) is 17.4 Å². The molecular formula is C27H18BrClN2O4S. The third-order valence-electron chi connectivity index (χ3n) is 6.32. The van der Waals surface area contributed by atoms with Gasteiger partial charge in [0.25, 0.3) is 5.78 Å². The zero-order chi connectivity index (χ0) is 25.1. The van der Waals surface area contributed by atoms with Gasteiger partial charge in [0, 0.05) is 21.5 Å². The Bertz CT molecular complexity index is 1610. The Balaban J connectivity index is 1.54. The molecule has 1 fully saturated rings. The summed E-state index contributed by atoms with van der Waals surface area (Å²) in [6, 6.07) is 17.1. The van der Waals surface area contributed by atoms with Gasteiger partial charge in [0.15, 0.2) is 5.13 Å². The van der Waals surface area contributed by atoms with Crippen LogP contribution in [0.1, 0.15) is 29.7 Å². The highest BCUT2D eigenvalue weighted by Gasteiger charge is 2.48. The monoisotopic (exact) mass is 580 g/mol. The molecule has 4 aromatic rings. The summed E-state index contributed by atoms with van der Waals surface area (Å²) in [6.07, 6.45) is 0.742. The zero-order valence-electron chi connectivity index (χ0n) is 18.9. The van der Waals surface area contributed by atoms with Gasteiger partial charge in [-0.25, -0.2) is 4.98 Å². The van der Waals surface area contributed by atoms with Crippen molar-refractivity contribution in [3.05, 3.63) is 92.4 Å². The van der Waals surface area contributed by atoms with Crippen molar-refractivity contribution in [1.82, 2.24) is 4.98 Å². The van der Waals surface area contributed by atoms with Gasteiger partial charge in [-0.3, -0.25) is 14.5 Å². The van der Waals surface area contributed by atoms with Crippen LogP contribution in [0.4, 0.5) is 5.13 Å². The molecule has 2 aliphatic rings. The molecule has 36 heavy (non-hydrogen) atoms. The Hall–Kier alpha value is -3.20. The van der Waals surface area contributed by atoms with Crippen molar-refractivity contribution < 1.29 is 19.4 Å². The quantitative estimate of drug-likeness (QED) is 0.166. The van der Waals surface area contributed by atoms with Crippen LogP contribution in [0.15, 0.2) is 70.7 Å². The molecule has 1 amide bonds. The van der Waals surface area contributed by atoms with Gasteiger partial charge in [0.1, 0.15) is 17.6 Å². The number of aromatic nitrogens is 1. The Morgan fingerprint density at radius 2 is 2.00 bits per heavy atom. The second kappa shape index (κ2) is 8.73. The predicted octanol–water partition coefficient (Wildman–Crippen LogP) is 6.66. The number of rotatable bonds is 3. The molecule has 1 aromatic heterocycles. The normalized spacial score (nSPS) is 20.7. The maximum Gasteiger partial charge on any atom is 0.301 e. The van der Waals surface area contributed by atoms with Gasteiger partial charge in [-0.15, -0.1) is 0 Å². The fourth-order valence-corrected chi connectivity index (χ4v) is 6.42. The van der Waals surface area contributed by atoms with Crippen LogP contribution in [0.2, 0.25) is 5.02 Å². The highest BCUT2D eigenvalue weighted by Crippen LogP contribution is 2.45. The van der Waals surface area contributed by atoms with Gasteiger partial charge < -0.3 is 9.84 Å². The van der Waals surface area contributed by atoms with Gasteiger partial charge in [0.05, 0.1) is 21.8 Å². The molecule has 2 aliphatic heterocycles. The third-order valence-corrected chi connectivity index (χ3v) is 8.07. The fourth-order valence-electron chi connectivity index (χ4n) is 4.74. The standard InChI is InChI=1S/C27H18BrClN2O4S/c1-13-9-16-10-15(5-8-20(16)35-13)24(32)22-23(14-3-2-4-17(28)11-14)31(26(34)25(22)33)27-30-19-7-6-18(29)12-21(19)36-27/h2-8,10-13,23,32H,9H2,1H3. The number of ether oxygens (including phenoxy) is 1. The first-order valence-corrected chi connectivity index (χ1v) is 13.2. The molecule has 0 spiro atoms. The minimum absolute atomic E-state index is 0.0160. The van der Waals surface area contributed by atoms with Gasteiger partial charge in [0.2, 0.25) is 0 Å². The maximum atomic E-state index is 13.4. The first kappa shape index (κ1) is 23.2. The van der Waals surface area contributed by atoms with Crippen molar-refractivity contribution in [1.29, 1.82) is 0 Å². The molecule has 9 heteroatoms. The van der Waals surface area contributed by atoms with Gasteiger partial charge in [-0.1, -0.05) is 51.0 Å². The summed E-state index contributed by atoms with van der Waals surface area (Å²) in [5, 5.41) is 12.4. The number of anilines is 1. The summed E-state index contributed by atoms with van der Waals surface area (Å²) >= 11 is 10.9. The molecule has 0 saturated carbocycles. The average Bonchev–Trinajstić information content (AvgIpc) is 3.50. The summed E-state index contributed by atoms with van der Waals surface area (Å²) in [4.78, 5) is 32.9. The number of aliphatic hydroxyl groups is 1. The smallest absolute Gasteiger partial charge is 0.301 e. The molecule has 1 saturated heterocycles. The fraction of sp³-hybridized carbons (Fsp3) is 0.148. The number of aliphatic hydroxyl groups excluding tert-OH is 1. The number of carbonyl (C=O) groups is 2. The molecule has 1 N–H and O–H groups in total. The van der Waals surface area contributed by atoms with Gasteiger partial charge in [-0.2, -0.15) is 0 Å². The highest BCUT2D eigenvalue weighted by molar-refractivity contribution is 9.10. The maximum absolute atomic E-state index is 13.4. The minimum atomic E-state index is -0.859. The molecule has 6 rings (SSSR count). The number of amides is 1. The van der Waals surface area contributed by atoms with Crippen molar-refractivity contribution in [3.8, 4) is 5.75 Å².